The second-order valence-electron chi connectivity index (χ2n) is 2.03. The van der Waals surface area contributed by atoms with Gasteiger partial charge in [-0.2, -0.15) is 15.4 Å². The summed E-state index contributed by atoms with van der Waals surface area (Å²) in [6, 6.07) is 0. The smallest absolute Gasteiger partial charge is 0.331 e. The fourth-order valence-corrected chi connectivity index (χ4v) is 0.593. The van der Waals surface area contributed by atoms with E-state index < -0.39 is 5.97 Å². The van der Waals surface area contributed by atoms with Crippen LogP contribution in [0.4, 0.5) is 0 Å². The van der Waals surface area contributed by atoms with Crippen molar-refractivity contribution in [1.29, 1.82) is 0 Å². The molecule has 1 aromatic heterocycles. The highest BCUT2D eigenvalue weighted by atomic mass is 16.6. The highest BCUT2D eigenvalue weighted by Crippen LogP contribution is 1.91. The van der Waals surface area contributed by atoms with Gasteiger partial charge >= 0.3 is 5.97 Å². The highest BCUT2D eigenvalue weighted by molar-refractivity contribution is 5.70. The van der Waals surface area contributed by atoms with Crippen LogP contribution in [0.25, 0.3) is 0 Å². The number of methoxy groups -OCH3 is 1. The minimum absolute atomic E-state index is 0.0661. The molecule has 0 aromatic carbocycles. The van der Waals surface area contributed by atoms with Gasteiger partial charge in [0.15, 0.2) is 0 Å². The standard InChI is InChI=1S/C6H9N3O3/c1-11-6(10)4-12-3-5-2-7-9-8-5/h2H,3-4H2,1H3,(H,7,8,9). The first-order chi connectivity index (χ1) is 5.83. The van der Waals surface area contributed by atoms with Gasteiger partial charge in [0.05, 0.1) is 19.9 Å². The number of hydrogen-bond acceptors (Lipinski definition) is 5. The lowest BCUT2D eigenvalue weighted by Gasteiger charge is -1.98. The number of carbonyl (C=O) groups is 1. The highest BCUT2D eigenvalue weighted by Gasteiger charge is 2.00. The Kier molecular flexibility index (Phi) is 3.21. The summed E-state index contributed by atoms with van der Waals surface area (Å²) in [7, 11) is 1.31. The van der Waals surface area contributed by atoms with Crippen molar-refractivity contribution < 1.29 is 14.3 Å². The summed E-state index contributed by atoms with van der Waals surface area (Å²) in [4.78, 5) is 10.5. The molecule has 6 heteroatoms. The minimum atomic E-state index is -0.404. The lowest BCUT2D eigenvalue weighted by atomic mass is 10.5. The molecule has 0 aliphatic carbocycles. The van der Waals surface area contributed by atoms with Crippen molar-refractivity contribution in [1.82, 2.24) is 15.4 Å². The molecule has 0 aliphatic rings. The summed E-state index contributed by atoms with van der Waals surface area (Å²) >= 11 is 0. The van der Waals surface area contributed by atoms with Crippen LogP contribution in [0.1, 0.15) is 5.69 Å². The van der Waals surface area contributed by atoms with Gasteiger partial charge in [-0.05, 0) is 0 Å². The lowest BCUT2D eigenvalue weighted by Crippen LogP contribution is -2.10. The van der Waals surface area contributed by atoms with Gasteiger partial charge in [-0.3, -0.25) is 0 Å². The number of carbonyl (C=O) groups excluding carboxylic acids is 1. The third-order valence-electron chi connectivity index (χ3n) is 1.16. The van der Waals surface area contributed by atoms with Crippen molar-refractivity contribution in [3.05, 3.63) is 11.9 Å². The van der Waals surface area contributed by atoms with Crippen molar-refractivity contribution in [3.8, 4) is 0 Å². The molecule has 0 unspecified atom stereocenters. The Morgan fingerprint density at radius 2 is 2.58 bits per heavy atom. The Morgan fingerprint density at radius 3 is 3.17 bits per heavy atom. The maximum Gasteiger partial charge on any atom is 0.331 e. The zero-order chi connectivity index (χ0) is 8.81. The molecule has 0 bridgehead atoms. The van der Waals surface area contributed by atoms with Crippen LogP contribution in [-0.2, 0) is 20.9 Å². The molecule has 0 aliphatic heterocycles. The monoisotopic (exact) mass is 171 g/mol. The molecular weight excluding hydrogens is 162 g/mol. The number of esters is 1. The average Bonchev–Trinajstić information content (AvgIpc) is 2.57. The summed E-state index contributed by atoms with van der Waals surface area (Å²) in [6.07, 6.45) is 1.53. The molecule has 0 saturated heterocycles. The zero-order valence-electron chi connectivity index (χ0n) is 6.61. The molecular formula is C6H9N3O3. The maximum absolute atomic E-state index is 10.5. The van der Waals surface area contributed by atoms with Crippen LogP contribution in [0, 0.1) is 0 Å². The SMILES string of the molecule is COC(=O)COCc1cn[nH]n1. The molecule has 0 fully saturated rings. The molecule has 1 aromatic rings. The van der Waals surface area contributed by atoms with Crippen molar-refractivity contribution in [2.24, 2.45) is 0 Å². The van der Waals surface area contributed by atoms with E-state index in [-0.39, 0.29) is 13.2 Å². The molecule has 0 radical (unpaired) electrons. The number of ether oxygens (including phenoxy) is 2. The van der Waals surface area contributed by atoms with E-state index in [1.165, 1.54) is 13.3 Å². The quantitative estimate of drug-likeness (QED) is 0.617. The fraction of sp³-hybridized carbons (Fsp3) is 0.500. The third-order valence-corrected chi connectivity index (χ3v) is 1.16. The van der Waals surface area contributed by atoms with Gasteiger partial charge in [-0.1, -0.05) is 0 Å². The molecule has 6 nitrogen and oxygen atoms in total. The van der Waals surface area contributed by atoms with E-state index in [1.54, 1.807) is 0 Å². The Labute approximate surface area is 68.9 Å². The molecule has 0 atom stereocenters. The predicted molar refractivity (Wildman–Crippen MR) is 38.1 cm³/mol. The Balaban J connectivity index is 2.15. The number of nitrogens with one attached hydrogen (secondary N) is 1. The molecule has 0 spiro atoms. The molecule has 0 amide bonds. The molecule has 66 valence electrons. The van der Waals surface area contributed by atoms with Gasteiger partial charge in [0, 0.05) is 0 Å². The van der Waals surface area contributed by atoms with Gasteiger partial charge in [-0.25, -0.2) is 4.79 Å². The van der Waals surface area contributed by atoms with Crippen LogP contribution >= 0.6 is 0 Å². The summed E-state index contributed by atoms with van der Waals surface area (Å²) in [5, 5.41) is 9.72. The van der Waals surface area contributed by atoms with Crippen LogP contribution < -0.4 is 0 Å². The van der Waals surface area contributed by atoms with Crippen LogP contribution in [0.3, 0.4) is 0 Å². The van der Waals surface area contributed by atoms with Crippen molar-refractivity contribution in [3.63, 3.8) is 0 Å². The van der Waals surface area contributed by atoms with Gasteiger partial charge < -0.3 is 9.47 Å². The number of H-pyrrole nitrogens is 1. The normalized spacial score (nSPS) is 9.75. The summed E-state index contributed by atoms with van der Waals surface area (Å²) in [5.41, 5.74) is 0.652. The van der Waals surface area contributed by atoms with Crippen molar-refractivity contribution in [2.75, 3.05) is 13.7 Å². The van der Waals surface area contributed by atoms with E-state index in [0.717, 1.165) is 0 Å². The third kappa shape index (κ3) is 2.67. The molecule has 12 heavy (non-hydrogen) atoms. The van der Waals surface area contributed by atoms with Gasteiger partial charge in [0.25, 0.3) is 0 Å². The summed E-state index contributed by atoms with van der Waals surface area (Å²) < 4.78 is 9.30. The van der Waals surface area contributed by atoms with Crippen LogP contribution in [0.2, 0.25) is 0 Å². The number of rotatable bonds is 4. The van der Waals surface area contributed by atoms with E-state index in [2.05, 4.69) is 20.1 Å². The molecule has 1 N–H and O–H groups in total. The van der Waals surface area contributed by atoms with E-state index in [9.17, 15) is 4.79 Å². The van der Waals surface area contributed by atoms with Crippen LogP contribution in [-0.4, -0.2) is 35.1 Å². The molecule has 1 rings (SSSR count). The van der Waals surface area contributed by atoms with E-state index >= 15 is 0 Å². The minimum Gasteiger partial charge on any atom is -0.467 e. The topological polar surface area (TPSA) is 77.1 Å². The first-order valence-electron chi connectivity index (χ1n) is 3.32. The summed E-state index contributed by atoms with van der Waals surface area (Å²) in [6.45, 7) is 0.189. The van der Waals surface area contributed by atoms with Crippen LogP contribution in [0.15, 0.2) is 6.20 Å². The average molecular weight is 171 g/mol. The second kappa shape index (κ2) is 4.45. The second-order valence-corrected chi connectivity index (χ2v) is 2.03. The van der Waals surface area contributed by atoms with E-state index in [1.807, 2.05) is 0 Å². The predicted octanol–water partition coefficient (Wildman–Crippen LogP) is -0.506. The first-order valence-corrected chi connectivity index (χ1v) is 3.32. The zero-order valence-corrected chi connectivity index (χ0v) is 6.61. The van der Waals surface area contributed by atoms with Gasteiger partial charge in [0.2, 0.25) is 0 Å². The lowest BCUT2D eigenvalue weighted by molar-refractivity contribution is -0.146. The number of aromatic amines is 1. The number of aromatic nitrogens is 3. The van der Waals surface area contributed by atoms with E-state index in [4.69, 9.17) is 4.74 Å². The van der Waals surface area contributed by atoms with Crippen molar-refractivity contribution >= 4 is 5.97 Å². The Morgan fingerprint density at radius 1 is 1.75 bits per heavy atom. The molecule has 1 heterocycles. The van der Waals surface area contributed by atoms with Crippen LogP contribution in [0.5, 0.6) is 0 Å². The van der Waals surface area contributed by atoms with E-state index in [0.29, 0.717) is 5.69 Å². The Bertz CT molecular complexity index is 234. The maximum atomic E-state index is 10.5. The number of hydrogen-bond donors (Lipinski definition) is 1. The van der Waals surface area contributed by atoms with Gasteiger partial charge in [0.1, 0.15) is 12.3 Å². The Hall–Kier alpha value is -1.43. The molecule has 0 saturated carbocycles. The van der Waals surface area contributed by atoms with Gasteiger partial charge in [-0.15, -0.1) is 0 Å². The summed E-state index contributed by atoms with van der Waals surface area (Å²) in [5.74, 6) is -0.404. The largest absolute Gasteiger partial charge is 0.467 e. The first kappa shape index (κ1) is 8.66. The fourth-order valence-electron chi connectivity index (χ4n) is 0.593. The number of nitrogens with zero attached hydrogens (tertiary/aromatic N) is 2. The van der Waals surface area contributed by atoms with Crippen molar-refractivity contribution in [2.45, 2.75) is 6.61 Å².